The summed E-state index contributed by atoms with van der Waals surface area (Å²) in [6.07, 6.45) is 14.2. The van der Waals surface area contributed by atoms with E-state index in [4.69, 9.17) is 0 Å². The van der Waals surface area contributed by atoms with Crippen LogP contribution >= 0.6 is 0 Å². The molecule has 0 bridgehead atoms. The zero-order chi connectivity index (χ0) is 19.7. The maximum atomic E-state index is 12.0. The molecule has 2 aliphatic carbocycles. The second-order valence-corrected chi connectivity index (χ2v) is 11.0. The Morgan fingerprint density at radius 2 is 1.39 bits per heavy atom. The third-order valence-corrected chi connectivity index (χ3v) is 9.24. The van der Waals surface area contributed by atoms with Gasteiger partial charge in [-0.2, -0.15) is 0 Å². The van der Waals surface area contributed by atoms with E-state index in [1.165, 1.54) is 90.4 Å². The summed E-state index contributed by atoms with van der Waals surface area (Å²) < 4.78 is 0. The Morgan fingerprint density at radius 1 is 0.857 bits per heavy atom. The fourth-order valence-electron chi connectivity index (χ4n) is 7.01. The molecule has 4 aliphatic rings. The van der Waals surface area contributed by atoms with Crippen molar-refractivity contribution in [3.05, 3.63) is 0 Å². The molecule has 0 aromatic heterocycles. The van der Waals surface area contributed by atoms with Gasteiger partial charge in [0.15, 0.2) is 0 Å². The summed E-state index contributed by atoms with van der Waals surface area (Å²) in [5.41, 5.74) is 0.616. The van der Waals surface area contributed by atoms with E-state index in [1.807, 2.05) is 6.92 Å². The van der Waals surface area contributed by atoms with Gasteiger partial charge in [0.1, 0.15) is 5.78 Å². The van der Waals surface area contributed by atoms with Gasteiger partial charge in [-0.3, -0.25) is 4.79 Å². The number of piperidine rings is 2. The summed E-state index contributed by atoms with van der Waals surface area (Å²) in [5, 5.41) is 0. The van der Waals surface area contributed by atoms with Gasteiger partial charge in [0.05, 0.1) is 0 Å². The Morgan fingerprint density at radius 3 is 1.93 bits per heavy atom. The third kappa shape index (κ3) is 4.36. The maximum absolute atomic E-state index is 12.0. The van der Waals surface area contributed by atoms with E-state index < -0.39 is 0 Å². The number of rotatable bonds is 5. The summed E-state index contributed by atoms with van der Waals surface area (Å²) >= 11 is 0. The number of carbonyl (C=O) groups excluding carboxylic acids is 1. The highest BCUT2D eigenvalue weighted by atomic mass is 16.1. The number of ketones is 1. The third-order valence-electron chi connectivity index (χ3n) is 9.24. The van der Waals surface area contributed by atoms with Crippen molar-refractivity contribution in [3.63, 3.8) is 0 Å². The number of hydrogen-bond donors (Lipinski definition) is 0. The lowest BCUT2D eigenvalue weighted by Crippen LogP contribution is -2.56. The number of likely N-dealkylation sites (tertiary alicyclic amines) is 2. The lowest BCUT2D eigenvalue weighted by molar-refractivity contribution is -0.126. The number of nitrogens with zero attached hydrogens (tertiary/aromatic N) is 2. The molecule has 2 aliphatic heterocycles. The first-order valence-electron chi connectivity index (χ1n) is 12.5. The molecule has 2 heterocycles. The van der Waals surface area contributed by atoms with Crippen molar-refractivity contribution in [2.24, 2.45) is 23.2 Å². The van der Waals surface area contributed by atoms with Gasteiger partial charge in [0.2, 0.25) is 0 Å². The van der Waals surface area contributed by atoms with Crippen molar-refractivity contribution in [2.45, 2.75) is 103 Å². The van der Waals surface area contributed by atoms with Gasteiger partial charge in [0.25, 0.3) is 0 Å². The van der Waals surface area contributed by atoms with E-state index in [1.54, 1.807) is 0 Å². The summed E-state index contributed by atoms with van der Waals surface area (Å²) in [6, 6.07) is 1.71. The zero-order valence-electron chi connectivity index (χ0n) is 18.8. The van der Waals surface area contributed by atoms with Crippen molar-refractivity contribution in [3.8, 4) is 0 Å². The molecule has 4 fully saturated rings. The highest BCUT2D eigenvalue weighted by molar-refractivity contribution is 5.80. The lowest BCUT2D eigenvalue weighted by atomic mass is 9.56. The van der Waals surface area contributed by atoms with Crippen LogP contribution in [0.1, 0.15) is 91.4 Å². The monoisotopic (exact) mass is 388 g/mol. The molecule has 2 saturated heterocycles. The van der Waals surface area contributed by atoms with Gasteiger partial charge in [-0.15, -0.1) is 0 Å². The molecule has 28 heavy (non-hydrogen) atoms. The van der Waals surface area contributed by atoms with Crippen molar-refractivity contribution >= 4 is 5.78 Å². The highest BCUT2D eigenvalue weighted by Gasteiger charge is 2.48. The minimum atomic E-state index is 0.394. The maximum Gasteiger partial charge on any atom is 0.135 e. The van der Waals surface area contributed by atoms with Crippen LogP contribution in [0.5, 0.6) is 0 Å². The second kappa shape index (κ2) is 8.76. The number of carbonyl (C=O) groups is 1. The molecule has 4 rings (SSSR count). The van der Waals surface area contributed by atoms with Crippen LogP contribution in [0.4, 0.5) is 0 Å². The summed E-state index contributed by atoms with van der Waals surface area (Å²) in [4.78, 5) is 17.6. The number of Topliss-reactive ketones (excluding diaryl/α,β-unsaturated/α-hetero) is 1. The predicted molar refractivity (Wildman–Crippen MR) is 116 cm³/mol. The Balaban J connectivity index is 1.17. The first kappa shape index (κ1) is 20.8. The second-order valence-electron chi connectivity index (χ2n) is 11.0. The van der Waals surface area contributed by atoms with Gasteiger partial charge in [0, 0.05) is 24.4 Å². The smallest absolute Gasteiger partial charge is 0.135 e. The SMILES string of the molecule is CCC(=O)[C@H]1CCC2(CC1)C[C@H](N1CCC(N3CCC(C(C)C)CC3)CC1)C2. The van der Waals surface area contributed by atoms with Crippen molar-refractivity contribution < 1.29 is 4.79 Å². The topological polar surface area (TPSA) is 23.6 Å². The Hall–Kier alpha value is -0.410. The van der Waals surface area contributed by atoms with Gasteiger partial charge in [-0.1, -0.05) is 20.8 Å². The Kier molecular flexibility index (Phi) is 6.52. The minimum absolute atomic E-state index is 0.394. The average molecular weight is 389 g/mol. The molecule has 0 radical (unpaired) electrons. The molecule has 160 valence electrons. The largest absolute Gasteiger partial charge is 0.300 e. The van der Waals surface area contributed by atoms with E-state index >= 15 is 0 Å². The van der Waals surface area contributed by atoms with Crippen molar-refractivity contribution in [1.82, 2.24) is 9.80 Å². The normalized spacial score (nSPS) is 36.7. The molecular weight excluding hydrogens is 344 g/mol. The fraction of sp³-hybridized carbons (Fsp3) is 0.960. The molecule has 0 aromatic carbocycles. The molecule has 1 spiro atoms. The van der Waals surface area contributed by atoms with Gasteiger partial charge < -0.3 is 9.80 Å². The fourth-order valence-corrected chi connectivity index (χ4v) is 7.01. The first-order valence-corrected chi connectivity index (χ1v) is 12.5. The number of hydrogen-bond acceptors (Lipinski definition) is 3. The van der Waals surface area contributed by atoms with E-state index in [-0.39, 0.29) is 0 Å². The van der Waals surface area contributed by atoms with Gasteiger partial charge >= 0.3 is 0 Å². The van der Waals surface area contributed by atoms with Crippen molar-refractivity contribution in [1.29, 1.82) is 0 Å². The highest BCUT2D eigenvalue weighted by Crippen LogP contribution is 2.54. The molecule has 3 nitrogen and oxygen atoms in total. The van der Waals surface area contributed by atoms with E-state index in [9.17, 15) is 4.79 Å². The van der Waals surface area contributed by atoms with E-state index in [0.29, 0.717) is 17.1 Å². The van der Waals surface area contributed by atoms with E-state index in [2.05, 4.69) is 23.6 Å². The molecule has 0 N–H and O–H groups in total. The minimum Gasteiger partial charge on any atom is -0.300 e. The van der Waals surface area contributed by atoms with Crippen LogP contribution < -0.4 is 0 Å². The lowest BCUT2D eigenvalue weighted by Gasteiger charge is -2.56. The molecular formula is C25H44N2O. The van der Waals surface area contributed by atoms with Crippen LogP contribution in [-0.4, -0.2) is 53.8 Å². The first-order chi connectivity index (χ1) is 13.5. The quantitative estimate of drug-likeness (QED) is 0.652. The summed E-state index contributed by atoms with van der Waals surface area (Å²) in [6.45, 7) is 12.2. The van der Waals surface area contributed by atoms with Crippen molar-refractivity contribution in [2.75, 3.05) is 26.2 Å². The van der Waals surface area contributed by atoms with Crippen LogP contribution in [0.3, 0.4) is 0 Å². The van der Waals surface area contributed by atoms with Crippen LogP contribution in [0.25, 0.3) is 0 Å². The standard InChI is InChI=1S/C25H44N2O/c1-4-24(28)21-5-11-25(12-6-21)17-23(18-25)27-15-9-22(10-16-27)26-13-7-20(8-14-26)19(2)3/h19-23H,4-18H2,1-3H3/t21-,23-,25?. The van der Waals surface area contributed by atoms with Crippen LogP contribution in [0.15, 0.2) is 0 Å². The molecule has 0 atom stereocenters. The van der Waals surface area contributed by atoms with Gasteiger partial charge in [-0.25, -0.2) is 0 Å². The Labute approximate surface area is 173 Å². The molecule has 3 heteroatoms. The van der Waals surface area contributed by atoms with Crippen LogP contribution in [0, 0.1) is 23.2 Å². The van der Waals surface area contributed by atoms with Crippen LogP contribution in [0.2, 0.25) is 0 Å². The van der Waals surface area contributed by atoms with E-state index in [0.717, 1.165) is 30.3 Å². The molecule has 0 aromatic rings. The zero-order valence-corrected chi connectivity index (χ0v) is 18.8. The Bertz CT molecular complexity index is 513. The summed E-state index contributed by atoms with van der Waals surface area (Å²) in [5.74, 6) is 2.74. The van der Waals surface area contributed by atoms with Crippen LogP contribution in [-0.2, 0) is 4.79 Å². The molecule has 0 amide bonds. The molecule has 2 saturated carbocycles. The average Bonchev–Trinajstić information content (AvgIpc) is 2.72. The summed E-state index contributed by atoms with van der Waals surface area (Å²) in [7, 11) is 0. The molecule has 0 unspecified atom stereocenters. The van der Waals surface area contributed by atoms with Gasteiger partial charge in [-0.05, 0) is 108 Å². The predicted octanol–water partition coefficient (Wildman–Crippen LogP) is 5.14.